The minimum absolute atomic E-state index is 0.0362. The van der Waals surface area contributed by atoms with Crippen molar-refractivity contribution in [3.63, 3.8) is 0 Å². The van der Waals surface area contributed by atoms with Gasteiger partial charge in [-0.05, 0) is 48.4 Å². The van der Waals surface area contributed by atoms with E-state index in [-0.39, 0.29) is 11.8 Å². The van der Waals surface area contributed by atoms with Crippen molar-refractivity contribution in [3.05, 3.63) is 71.9 Å². The molecule has 0 fully saturated rings. The molecule has 0 spiro atoms. The summed E-state index contributed by atoms with van der Waals surface area (Å²) in [5.41, 5.74) is 5.34. The Bertz CT molecular complexity index is 1130. The van der Waals surface area contributed by atoms with Crippen LogP contribution in [0.3, 0.4) is 0 Å². The summed E-state index contributed by atoms with van der Waals surface area (Å²) in [5, 5.41) is 6.69. The van der Waals surface area contributed by atoms with Gasteiger partial charge in [-0.25, -0.2) is 4.98 Å². The number of hydrogen-bond donors (Lipinski definition) is 2. The Labute approximate surface area is 181 Å². The normalized spacial score (nSPS) is 12.3. The molecule has 7 heteroatoms. The van der Waals surface area contributed by atoms with Crippen molar-refractivity contribution in [2.75, 3.05) is 36.2 Å². The van der Waals surface area contributed by atoms with Gasteiger partial charge in [0.1, 0.15) is 5.82 Å². The molecule has 0 unspecified atom stereocenters. The van der Waals surface area contributed by atoms with Crippen LogP contribution in [0.25, 0.3) is 0 Å². The molecule has 1 aromatic heterocycles. The van der Waals surface area contributed by atoms with Gasteiger partial charge < -0.3 is 20.4 Å². The van der Waals surface area contributed by atoms with Crippen molar-refractivity contribution in [1.29, 1.82) is 0 Å². The summed E-state index contributed by atoms with van der Waals surface area (Å²) in [5.74, 6) is 0.680. The third-order valence-electron chi connectivity index (χ3n) is 5.22. The third kappa shape index (κ3) is 4.35. The molecule has 0 atom stereocenters. The fourth-order valence-electron chi connectivity index (χ4n) is 3.71. The van der Waals surface area contributed by atoms with E-state index in [2.05, 4.69) is 21.7 Å². The number of nitrogens with zero attached hydrogens (tertiary/aromatic N) is 3. The maximum Gasteiger partial charge on any atom is 0.253 e. The summed E-state index contributed by atoms with van der Waals surface area (Å²) >= 11 is 0. The predicted molar refractivity (Wildman–Crippen MR) is 123 cm³/mol. The second-order valence-corrected chi connectivity index (χ2v) is 7.69. The zero-order valence-corrected chi connectivity index (χ0v) is 17.8. The third-order valence-corrected chi connectivity index (χ3v) is 5.22. The molecule has 0 saturated carbocycles. The molecule has 31 heavy (non-hydrogen) atoms. The lowest BCUT2D eigenvalue weighted by Crippen LogP contribution is -2.26. The highest BCUT2D eigenvalue weighted by molar-refractivity contribution is 5.98. The minimum Gasteiger partial charge on any atom is -0.354 e. The molecule has 2 N–H and O–H groups in total. The second-order valence-electron chi connectivity index (χ2n) is 7.69. The smallest absolute Gasteiger partial charge is 0.253 e. The predicted octanol–water partition coefficient (Wildman–Crippen LogP) is 4.18. The average molecular weight is 415 g/mol. The number of benzene rings is 2. The maximum absolute atomic E-state index is 12.0. The molecule has 2 amide bonds. The molecule has 3 aromatic rings. The highest BCUT2D eigenvalue weighted by atomic mass is 16.2. The molecule has 0 bridgehead atoms. The van der Waals surface area contributed by atoms with E-state index in [1.807, 2.05) is 41.3 Å². The van der Waals surface area contributed by atoms with E-state index in [1.165, 1.54) is 5.56 Å². The zero-order valence-electron chi connectivity index (χ0n) is 17.8. The van der Waals surface area contributed by atoms with E-state index >= 15 is 0 Å². The van der Waals surface area contributed by atoms with Gasteiger partial charge in [0.05, 0.1) is 11.4 Å². The largest absolute Gasteiger partial charge is 0.354 e. The van der Waals surface area contributed by atoms with Crippen LogP contribution in [0, 0.1) is 0 Å². The number of amides is 2. The standard InChI is InChI=1S/C24H25N5O2/c1-16(30)29-14-12-17-5-4-6-21(23(17)29)26-20-11-13-25-22(15-20)27-19-9-7-18(8-10-19)24(31)28(2)3/h4-11,13,15H,12,14H2,1-3H3,(H2,25,26,27). The van der Waals surface area contributed by atoms with E-state index in [0.29, 0.717) is 17.9 Å². The van der Waals surface area contributed by atoms with E-state index in [1.54, 1.807) is 44.2 Å². The van der Waals surface area contributed by atoms with Crippen LogP contribution in [0.1, 0.15) is 22.8 Å². The summed E-state index contributed by atoms with van der Waals surface area (Å²) in [4.78, 5) is 31.8. The first-order valence-corrected chi connectivity index (χ1v) is 10.1. The van der Waals surface area contributed by atoms with E-state index < -0.39 is 0 Å². The number of nitrogens with one attached hydrogen (secondary N) is 2. The van der Waals surface area contributed by atoms with Gasteiger partial charge in [0, 0.05) is 56.8 Å². The van der Waals surface area contributed by atoms with Crippen molar-refractivity contribution in [2.24, 2.45) is 0 Å². The van der Waals surface area contributed by atoms with Crippen molar-refractivity contribution in [3.8, 4) is 0 Å². The molecule has 158 valence electrons. The van der Waals surface area contributed by atoms with Crippen molar-refractivity contribution in [2.45, 2.75) is 13.3 Å². The van der Waals surface area contributed by atoms with Gasteiger partial charge in [0.15, 0.2) is 0 Å². The second kappa shape index (κ2) is 8.47. The summed E-state index contributed by atoms with van der Waals surface area (Å²) in [7, 11) is 3.46. The van der Waals surface area contributed by atoms with Crippen LogP contribution in [0.2, 0.25) is 0 Å². The molecule has 2 heterocycles. The Morgan fingerprint density at radius 1 is 1.00 bits per heavy atom. The van der Waals surface area contributed by atoms with Crippen LogP contribution in [-0.4, -0.2) is 42.3 Å². The van der Waals surface area contributed by atoms with Gasteiger partial charge in [-0.1, -0.05) is 12.1 Å². The lowest BCUT2D eigenvalue weighted by molar-refractivity contribution is -0.116. The topological polar surface area (TPSA) is 77.6 Å². The Kier molecular flexibility index (Phi) is 5.58. The van der Waals surface area contributed by atoms with Crippen molar-refractivity contribution < 1.29 is 9.59 Å². The van der Waals surface area contributed by atoms with Crippen LogP contribution in [0.5, 0.6) is 0 Å². The fraction of sp³-hybridized carbons (Fsp3) is 0.208. The molecule has 1 aliphatic rings. The minimum atomic E-state index is -0.0362. The van der Waals surface area contributed by atoms with E-state index in [9.17, 15) is 9.59 Å². The number of aromatic nitrogens is 1. The number of para-hydroxylation sites is 1. The first kappa shape index (κ1) is 20.4. The summed E-state index contributed by atoms with van der Waals surface area (Å²) in [6.45, 7) is 2.30. The number of fused-ring (bicyclic) bond motifs is 1. The molecular weight excluding hydrogens is 390 g/mol. The van der Waals surface area contributed by atoms with Crippen molar-refractivity contribution >= 4 is 40.4 Å². The highest BCUT2D eigenvalue weighted by Gasteiger charge is 2.25. The Morgan fingerprint density at radius 2 is 1.77 bits per heavy atom. The van der Waals surface area contributed by atoms with Crippen LogP contribution in [0.4, 0.5) is 28.6 Å². The summed E-state index contributed by atoms with van der Waals surface area (Å²) in [6, 6.07) is 17.1. The zero-order chi connectivity index (χ0) is 22.0. The van der Waals surface area contributed by atoms with E-state index in [4.69, 9.17) is 0 Å². The SMILES string of the molecule is CC(=O)N1CCc2cccc(Nc3ccnc(Nc4ccc(C(=O)N(C)C)cc4)c3)c21. The van der Waals surface area contributed by atoms with Crippen LogP contribution in [-0.2, 0) is 11.2 Å². The first-order valence-electron chi connectivity index (χ1n) is 10.1. The van der Waals surface area contributed by atoms with Crippen LogP contribution < -0.4 is 15.5 Å². The fourth-order valence-corrected chi connectivity index (χ4v) is 3.71. The Hall–Kier alpha value is -3.87. The van der Waals surface area contributed by atoms with Gasteiger partial charge in [-0.2, -0.15) is 0 Å². The highest BCUT2D eigenvalue weighted by Crippen LogP contribution is 2.37. The molecule has 1 aliphatic heterocycles. The van der Waals surface area contributed by atoms with Gasteiger partial charge in [-0.15, -0.1) is 0 Å². The van der Waals surface area contributed by atoms with Gasteiger partial charge >= 0.3 is 0 Å². The number of pyridine rings is 1. The van der Waals surface area contributed by atoms with E-state index in [0.717, 1.165) is 29.2 Å². The number of carbonyl (C=O) groups is 2. The maximum atomic E-state index is 12.0. The van der Waals surface area contributed by atoms with Crippen LogP contribution in [0.15, 0.2) is 60.8 Å². The lowest BCUT2D eigenvalue weighted by atomic mass is 10.1. The molecule has 7 nitrogen and oxygen atoms in total. The number of anilines is 5. The number of carbonyl (C=O) groups excluding carboxylic acids is 2. The molecule has 0 saturated heterocycles. The van der Waals surface area contributed by atoms with Crippen molar-refractivity contribution in [1.82, 2.24) is 9.88 Å². The summed E-state index contributed by atoms with van der Waals surface area (Å²) in [6.07, 6.45) is 2.58. The monoisotopic (exact) mass is 415 g/mol. The average Bonchev–Trinajstić information content (AvgIpc) is 3.20. The van der Waals surface area contributed by atoms with Gasteiger partial charge in [-0.3, -0.25) is 9.59 Å². The number of rotatable bonds is 5. The summed E-state index contributed by atoms with van der Waals surface area (Å²) < 4.78 is 0. The molecular formula is C24H25N5O2. The quantitative estimate of drug-likeness (QED) is 0.654. The Balaban J connectivity index is 1.52. The Morgan fingerprint density at radius 3 is 2.48 bits per heavy atom. The van der Waals surface area contributed by atoms with Gasteiger partial charge in [0.25, 0.3) is 5.91 Å². The molecule has 0 aliphatic carbocycles. The number of hydrogen-bond acceptors (Lipinski definition) is 5. The molecule has 4 rings (SSSR count). The first-order chi connectivity index (χ1) is 14.9. The molecule has 2 aromatic carbocycles. The van der Waals surface area contributed by atoms with Crippen LogP contribution >= 0.6 is 0 Å². The van der Waals surface area contributed by atoms with Gasteiger partial charge in [0.2, 0.25) is 5.91 Å². The lowest BCUT2D eigenvalue weighted by Gasteiger charge is -2.19. The molecule has 0 radical (unpaired) electrons.